The molecule has 136 valence electrons. The molecule has 0 spiro atoms. The second-order valence-corrected chi connectivity index (χ2v) is 6.72. The quantitative estimate of drug-likeness (QED) is 0.615. The summed E-state index contributed by atoms with van der Waals surface area (Å²) in [6.45, 7) is 2.80. The summed E-state index contributed by atoms with van der Waals surface area (Å²) in [4.78, 5) is 30.3. The van der Waals surface area contributed by atoms with Gasteiger partial charge in [-0.05, 0) is 23.8 Å². The molecule has 1 aromatic carbocycles. The van der Waals surface area contributed by atoms with Crippen LogP contribution < -0.4 is 15.8 Å². The van der Waals surface area contributed by atoms with Crippen molar-refractivity contribution in [1.29, 1.82) is 0 Å². The summed E-state index contributed by atoms with van der Waals surface area (Å²) in [6, 6.07) is 7.08. The van der Waals surface area contributed by atoms with Crippen LogP contribution in [0.5, 0.6) is 0 Å². The molecular formula is C17H17ClN4O3S. The third-order valence-electron chi connectivity index (χ3n) is 3.58. The fourth-order valence-corrected chi connectivity index (χ4v) is 3.33. The number of ether oxygens (including phenoxy) is 1. The van der Waals surface area contributed by atoms with Gasteiger partial charge in [0, 0.05) is 29.6 Å². The highest BCUT2D eigenvalue weighted by Gasteiger charge is 2.17. The number of aromatic nitrogens is 1. The van der Waals surface area contributed by atoms with Crippen LogP contribution in [-0.4, -0.2) is 43.1 Å². The molecule has 2 heterocycles. The zero-order valence-corrected chi connectivity index (χ0v) is 15.3. The number of carbonyl (C=O) groups is 2. The maximum Gasteiger partial charge on any atom is 0.289 e. The molecule has 1 saturated heterocycles. The Labute approximate surface area is 159 Å². The average Bonchev–Trinajstić information content (AvgIpc) is 3.15. The van der Waals surface area contributed by atoms with E-state index in [1.165, 1.54) is 17.4 Å². The summed E-state index contributed by atoms with van der Waals surface area (Å²) in [5.41, 5.74) is 5.72. The van der Waals surface area contributed by atoms with Crippen LogP contribution in [0.25, 0.3) is 6.08 Å². The van der Waals surface area contributed by atoms with Crippen molar-refractivity contribution in [3.8, 4) is 0 Å². The first-order chi connectivity index (χ1) is 12.6. The number of hydrogen-bond donors (Lipinski definition) is 2. The number of rotatable bonds is 4. The lowest BCUT2D eigenvalue weighted by Gasteiger charge is -2.25. The maximum atomic E-state index is 12.1. The van der Waals surface area contributed by atoms with Crippen LogP contribution in [0, 0.1) is 0 Å². The molecule has 0 saturated carbocycles. The van der Waals surface area contributed by atoms with Gasteiger partial charge in [0.25, 0.3) is 11.8 Å². The Hall–Kier alpha value is -2.42. The fourth-order valence-electron chi connectivity index (χ4n) is 2.27. The normalized spacial score (nSPS) is 14.4. The van der Waals surface area contributed by atoms with E-state index >= 15 is 0 Å². The van der Waals surface area contributed by atoms with E-state index in [4.69, 9.17) is 16.3 Å². The number of amides is 2. The van der Waals surface area contributed by atoms with Crippen LogP contribution >= 0.6 is 22.9 Å². The number of thiazole rings is 1. The first-order valence-corrected chi connectivity index (χ1v) is 9.20. The second kappa shape index (κ2) is 8.79. The highest BCUT2D eigenvalue weighted by Crippen LogP contribution is 2.21. The van der Waals surface area contributed by atoms with Gasteiger partial charge >= 0.3 is 0 Å². The van der Waals surface area contributed by atoms with Gasteiger partial charge in [-0.3, -0.25) is 20.4 Å². The zero-order chi connectivity index (χ0) is 18.4. The lowest BCUT2D eigenvalue weighted by Crippen LogP contribution is -2.41. The number of hydrogen-bond acceptors (Lipinski definition) is 6. The molecule has 1 aliphatic rings. The summed E-state index contributed by atoms with van der Waals surface area (Å²) < 4.78 is 5.30. The molecule has 26 heavy (non-hydrogen) atoms. The van der Waals surface area contributed by atoms with Crippen LogP contribution in [0.2, 0.25) is 5.02 Å². The molecule has 0 aliphatic carbocycles. The summed E-state index contributed by atoms with van der Waals surface area (Å²) in [5, 5.41) is 3.01. The van der Waals surface area contributed by atoms with Crippen molar-refractivity contribution < 1.29 is 14.3 Å². The SMILES string of the molecule is O=C(/C=C/c1cccc(Cl)c1)NNC(=O)c1csc(N2CCOCC2)n1. The molecular weight excluding hydrogens is 376 g/mol. The molecule has 1 aromatic heterocycles. The van der Waals surface area contributed by atoms with Gasteiger partial charge in [-0.25, -0.2) is 4.98 Å². The number of nitrogens with one attached hydrogen (secondary N) is 2. The summed E-state index contributed by atoms with van der Waals surface area (Å²) >= 11 is 7.27. The minimum Gasteiger partial charge on any atom is -0.378 e. The predicted molar refractivity (Wildman–Crippen MR) is 101 cm³/mol. The topological polar surface area (TPSA) is 83.6 Å². The average molecular weight is 393 g/mol. The van der Waals surface area contributed by atoms with Gasteiger partial charge in [0.05, 0.1) is 13.2 Å². The monoisotopic (exact) mass is 392 g/mol. The van der Waals surface area contributed by atoms with E-state index in [1.54, 1.807) is 29.7 Å². The summed E-state index contributed by atoms with van der Waals surface area (Å²) in [5.74, 6) is -0.924. The zero-order valence-electron chi connectivity index (χ0n) is 13.8. The van der Waals surface area contributed by atoms with E-state index in [0.717, 1.165) is 23.8 Å². The van der Waals surface area contributed by atoms with E-state index in [0.29, 0.717) is 18.2 Å². The third kappa shape index (κ3) is 5.04. The molecule has 1 aliphatic heterocycles. The van der Waals surface area contributed by atoms with Gasteiger partial charge < -0.3 is 9.64 Å². The Kier molecular flexibility index (Phi) is 6.21. The number of halogens is 1. The van der Waals surface area contributed by atoms with Gasteiger partial charge in [-0.1, -0.05) is 23.7 Å². The Morgan fingerprint density at radius 2 is 2.08 bits per heavy atom. The van der Waals surface area contributed by atoms with Crippen molar-refractivity contribution in [2.75, 3.05) is 31.2 Å². The number of nitrogens with zero attached hydrogens (tertiary/aromatic N) is 2. The van der Waals surface area contributed by atoms with Gasteiger partial charge in [-0.2, -0.15) is 0 Å². The van der Waals surface area contributed by atoms with E-state index in [9.17, 15) is 9.59 Å². The van der Waals surface area contributed by atoms with Crippen LogP contribution in [0.15, 0.2) is 35.7 Å². The highest BCUT2D eigenvalue weighted by atomic mass is 35.5. The molecule has 2 aromatic rings. The fraction of sp³-hybridized carbons (Fsp3) is 0.235. The highest BCUT2D eigenvalue weighted by molar-refractivity contribution is 7.13. The number of benzene rings is 1. The first-order valence-electron chi connectivity index (χ1n) is 7.94. The predicted octanol–water partition coefficient (Wildman–Crippen LogP) is 2.11. The van der Waals surface area contributed by atoms with E-state index in [1.807, 2.05) is 6.07 Å². The van der Waals surface area contributed by atoms with Crippen LogP contribution in [0.4, 0.5) is 5.13 Å². The third-order valence-corrected chi connectivity index (χ3v) is 4.72. The Morgan fingerprint density at radius 3 is 2.85 bits per heavy atom. The van der Waals surface area contributed by atoms with Crippen molar-refractivity contribution in [2.45, 2.75) is 0 Å². The Bertz CT molecular complexity index is 818. The van der Waals surface area contributed by atoms with Gasteiger partial charge in [0.2, 0.25) is 0 Å². The Balaban J connectivity index is 1.50. The van der Waals surface area contributed by atoms with Crippen molar-refractivity contribution >= 4 is 46.0 Å². The smallest absolute Gasteiger partial charge is 0.289 e. The van der Waals surface area contributed by atoms with Gasteiger partial charge in [0.1, 0.15) is 5.69 Å². The standard InChI is InChI=1S/C17H17ClN4O3S/c18-13-3-1-2-12(10-13)4-5-15(23)20-21-16(24)14-11-26-17(19-14)22-6-8-25-9-7-22/h1-5,10-11H,6-9H2,(H,20,23)(H,21,24)/b5-4+. The minimum absolute atomic E-state index is 0.260. The molecule has 1 fully saturated rings. The van der Waals surface area contributed by atoms with E-state index < -0.39 is 11.8 Å². The van der Waals surface area contributed by atoms with Crippen LogP contribution in [0.1, 0.15) is 16.1 Å². The van der Waals surface area contributed by atoms with Crippen molar-refractivity contribution in [3.05, 3.63) is 52.0 Å². The van der Waals surface area contributed by atoms with Crippen LogP contribution in [0.3, 0.4) is 0 Å². The van der Waals surface area contributed by atoms with Gasteiger partial charge in [-0.15, -0.1) is 11.3 Å². The first kappa shape index (κ1) is 18.4. The molecule has 9 heteroatoms. The summed E-state index contributed by atoms with van der Waals surface area (Å²) in [7, 11) is 0. The number of hydrazine groups is 1. The lowest BCUT2D eigenvalue weighted by molar-refractivity contribution is -0.117. The van der Waals surface area contributed by atoms with Crippen LogP contribution in [-0.2, 0) is 9.53 Å². The minimum atomic E-state index is -0.467. The molecule has 0 radical (unpaired) electrons. The number of anilines is 1. The molecule has 0 bridgehead atoms. The molecule has 2 amide bonds. The van der Waals surface area contributed by atoms with Gasteiger partial charge in [0.15, 0.2) is 5.13 Å². The molecule has 2 N–H and O–H groups in total. The molecule has 0 atom stereocenters. The Morgan fingerprint density at radius 1 is 1.27 bits per heavy atom. The maximum absolute atomic E-state index is 12.1. The van der Waals surface area contributed by atoms with Crippen molar-refractivity contribution in [2.24, 2.45) is 0 Å². The largest absolute Gasteiger partial charge is 0.378 e. The molecule has 7 nitrogen and oxygen atoms in total. The van der Waals surface area contributed by atoms with Crippen molar-refractivity contribution in [1.82, 2.24) is 15.8 Å². The number of carbonyl (C=O) groups excluding carboxylic acids is 2. The number of morpholine rings is 1. The van der Waals surface area contributed by atoms with E-state index in [-0.39, 0.29) is 5.69 Å². The molecule has 3 rings (SSSR count). The second-order valence-electron chi connectivity index (χ2n) is 5.45. The lowest BCUT2D eigenvalue weighted by atomic mass is 10.2. The molecule has 0 unspecified atom stereocenters. The van der Waals surface area contributed by atoms with E-state index in [2.05, 4.69) is 20.7 Å². The summed E-state index contributed by atoms with van der Waals surface area (Å²) in [6.07, 6.45) is 2.92. The van der Waals surface area contributed by atoms with Crippen molar-refractivity contribution in [3.63, 3.8) is 0 Å².